The van der Waals surface area contributed by atoms with Crippen LogP contribution in [0.3, 0.4) is 0 Å². The second kappa shape index (κ2) is 6.14. The fraction of sp³-hybridized carbons (Fsp3) is 0.538. The molecule has 0 radical (unpaired) electrons. The lowest BCUT2D eigenvalue weighted by Gasteiger charge is -2.10. The van der Waals surface area contributed by atoms with Gasteiger partial charge in [-0.3, -0.25) is 0 Å². The topological polar surface area (TPSA) is 30.5 Å². The van der Waals surface area contributed by atoms with Gasteiger partial charge in [0.05, 0.1) is 0 Å². The maximum Gasteiger partial charge on any atom is 0.573 e. The number of hydrogen-bond acceptors (Lipinski definition) is 3. The van der Waals surface area contributed by atoms with Gasteiger partial charge >= 0.3 is 6.36 Å². The van der Waals surface area contributed by atoms with Crippen molar-refractivity contribution in [3.05, 3.63) is 24.3 Å². The van der Waals surface area contributed by atoms with Gasteiger partial charge in [0, 0.05) is 6.54 Å². The highest BCUT2D eigenvalue weighted by molar-refractivity contribution is 5.31. The first-order valence-corrected chi connectivity index (χ1v) is 6.22. The summed E-state index contributed by atoms with van der Waals surface area (Å²) in [5.41, 5.74) is 0. The van der Waals surface area contributed by atoms with Gasteiger partial charge in [-0.25, -0.2) is 0 Å². The maximum absolute atomic E-state index is 11.9. The van der Waals surface area contributed by atoms with E-state index in [9.17, 15) is 13.2 Å². The Morgan fingerprint density at radius 1 is 1.11 bits per heavy atom. The fourth-order valence-corrected chi connectivity index (χ4v) is 1.61. The highest BCUT2D eigenvalue weighted by Gasteiger charge is 2.30. The highest BCUT2D eigenvalue weighted by Crippen LogP contribution is 2.27. The van der Waals surface area contributed by atoms with Crippen LogP contribution in [0.2, 0.25) is 0 Å². The Balaban J connectivity index is 1.66. The van der Waals surface area contributed by atoms with Crippen LogP contribution in [-0.2, 0) is 0 Å². The van der Waals surface area contributed by atoms with E-state index < -0.39 is 6.36 Å². The molecule has 2 rings (SSSR count). The molecule has 1 aliphatic carbocycles. The predicted molar refractivity (Wildman–Crippen MR) is 64.2 cm³/mol. The van der Waals surface area contributed by atoms with Crippen LogP contribution in [-0.4, -0.2) is 26.1 Å². The summed E-state index contributed by atoms with van der Waals surface area (Å²) < 4.78 is 45.0. The van der Waals surface area contributed by atoms with E-state index in [0.717, 1.165) is 19.0 Å². The number of nitrogens with one attached hydrogen (secondary N) is 1. The number of ether oxygens (including phenoxy) is 2. The van der Waals surface area contributed by atoms with Crippen LogP contribution in [0.5, 0.6) is 11.5 Å². The second-order valence-corrected chi connectivity index (χ2v) is 4.52. The minimum atomic E-state index is -4.66. The molecule has 1 aromatic carbocycles. The van der Waals surface area contributed by atoms with Crippen LogP contribution < -0.4 is 14.8 Å². The van der Waals surface area contributed by atoms with E-state index in [-0.39, 0.29) is 5.75 Å². The second-order valence-electron chi connectivity index (χ2n) is 4.52. The molecule has 0 aromatic heterocycles. The zero-order valence-electron chi connectivity index (χ0n) is 10.4. The number of hydrogen-bond donors (Lipinski definition) is 1. The van der Waals surface area contributed by atoms with Crippen LogP contribution in [0.1, 0.15) is 12.8 Å². The first-order chi connectivity index (χ1) is 9.03. The molecule has 0 heterocycles. The molecular weight excluding hydrogens is 259 g/mol. The normalized spacial score (nSPS) is 15.3. The molecule has 0 unspecified atom stereocenters. The molecule has 1 N–H and O–H groups in total. The Hall–Kier alpha value is -1.43. The Morgan fingerprint density at radius 3 is 2.32 bits per heavy atom. The smallest absolute Gasteiger partial charge is 0.492 e. The number of alkyl halides is 3. The zero-order valence-corrected chi connectivity index (χ0v) is 10.4. The first-order valence-electron chi connectivity index (χ1n) is 6.22. The lowest BCUT2D eigenvalue weighted by molar-refractivity contribution is -0.274. The molecule has 1 aromatic rings. The van der Waals surface area contributed by atoms with E-state index in [1.54, 1.807) is 0 Å². The van der Waals surface area contributed by atoms with Crippen LogP contribution in [0.4, 0.5) is 13.2 Å². The minimum absolute atomic E-state index is 0.244. The lowest BCUT2D eigenvalue weighted by atomic mass is 10.3. The van der Waals surface area contributed by atoms with Crippen LogP contribution in [0, 0.1) is 5.92 Å². The maximum atomic E-state index is 11.9. The van der Waals surface area contributed by atoms with Crippen LogP contribution in [0.25, 0.3) is 0 Å². The first kappa shape index (κ1) is 14.0. The molecule has 1 aliphatic rings. The van der Waals surface area contributed by atoms with Crippen LogP contribution in [0.15, 0.2) is 24.3 Å². The molecule has 0 bridgehead atoms. The van der Waals surface area contributed by atoms with Gasteiger partial charge in [-0.15, -0.1) is 13.2 Å². The van der Waals surface area contributed by atoms with E-state index in [4.69, 9.17) is 4.74 Å². The summed E-state index contributed by atoms with van der Waals surface area (Å²) in [6.07, 6.45) is -2.06. The van der Waals surface area contributed by atoms with Crippen molar-refractivity contribution in [1.82, 2.24) is 5.32 Å². The quantitative estimate of drug-likeness (QED) is 0.776. The molecule has 0 saturated heterocycles. The third kappa shape index (κ3) is 5.83. The molecule has 6 heteroatoms. The van der Waals surface area contributed by atoms with Crippen LogP contribution >= 0.6 is 0 Å². The van der Waals surface area contributed by atoms with Crippen molar-refractivity contribution in [2.75, 3.05) is 19.7 Å². The molecule has 3 nitrogen and oxygen atoms in total. The average molecular weight is 275 g/mol. The number of benzene rings is 1. The highest BCUT2D eigenvalue weighted by atomic mass is 19.4. The molecule has 0 atom stereocenters. The average Bonchev–Trinajstić information content (AvgIpc) is 3.13. The Kier molecular flexibility index (Phi) is 4.52. The fourth-order valence-electron chi connectivity index (χ4n) is 1.61. The van der Waals surface area contributed by atoms with Gasteiger partial charge < -0.3 is 14.8 Å². The summed E-state index contributed by atoms with van der Waals surface area (Å²) in [5.74, 6) is 1.10. The van der Waals surface area contributed by atoms with E-state index in [1.807, 2.05) is 0 Å². The monoisotopic (exact) mass is 275 g/mol. The van der Waals surface area contributed by atoms with Crippen molar-refractivity contribution in [3.8, 4) is 11.5 Å². The summed E-state index contributed by atoms with van der Waals surface area (Å²) in [4.78, 5) is 0. The van der Waals surface area contributed by atoms with Gasteiger partial charge in [-0.2, -0.15) is 0 Å². The molecule has 19 heavy (non-hydrogen) atoms. The third-order valence-corrected chi connectivity index (χ3v) is 2.73. The summed E-state index contributed by atoms with van der Waals surface area (Å²) in [5, 5.41) is 3.26. The lowest BCUT2D eigenvalue weighted by Crippen LogP contribution is -2.23. The summed E-state index contributed by atoms with van der Waals surface area (Å²) >= 11 is 0. The predicted octanol–water partition coefficient (Wildman–Crippen LogP) is 2.96. The molecule has 106 valence electrons. The Labute approximate surface area is 109 Å². The zero-order chi connectivity index (χ0) is 13.7. The van der Waals surface area contributed by atoms with Gasteiger partial charge in [-0.1, -0.05) is 0 Å². The van der Waals surface area contributed by atoms with Gasteiger partial charge in [0.15, 0.2) is 0 Å². The standard InChI is InChI=1S/C13H16F3NO2/c14-13(15,16)19-12-5-3-11(4-6-12)18-8-7-17-9-10-1-2-10/h3-6,10,17H,1-2,7-9H2. The Bertz CT molecular complexity index is 388. The third-order valence-electron chi connectivity index (χ3n) is 2.73. The van der Waals surface area contributed by atoms with E-state index in [2.05, 4.69) is 10.1 Å². The van der Waals surface area contributed by atoms with Gasteiger partial charge in [0.1, 0.15) is 18.1 Å². The summed E-state index contributed by atoms with van der Waals surface area (Å²) in [7, 11) is 0. The van der Waals surface area contributed by atoms with Crippen molar-refractivity contribution in [2.24, 2.45) is 5.92 Å². The molecular formula is C13H16F3NO2. The van der Waals surface area contributed by atoms with Crippen molar-refractivity contribution in [1.29, 1.82) is 0 Å². The molecule has 0 spiro atoms. The summed E-state index contributed by atoms with van der Waals surface area (Å²) in [6, 6.07) is 5.39. The largest absolute Gasteiger partial charge is 0.573 e. The Morgan fingerprint density at radius 2 is 1.74 bits per heavy atom. The molecule has 1 fully saturated rings. The van der Waals surface area contributed by atoms with Crippen molar-refractivity contribution >= 4 is 0 Å². The molecule has 1 saturated carbocycles. The SMILES string of the molecule is FC(F)(F)Oc1ccc(OCCNCC2CC2)cc1. The van der Waals surface area contributed by atoms with Gasteiger partial charge in [-0.05, 0) is 49.6 Å². The molecule has 0 amide bonds. The summed E-state index contributed by atoms with van der Waals surface area (Å²) in [6.45, 7) is 2.24. The molecule has 0 aliphatic heterocycles. The van der Waals surface area contributed by atoms with Gasteiger partial charge in [0.25, 0.3) is 0 Å². The number of rotatable bonds is 7. The minimum Gasteiger partial charge on any atom is -0.492 e. The number of halogens is 3. The van der Waals surface area contributed by atoms with E-state index >= 15 is 0 Å². The van der Waals surface area contributed by atoms with Gasteiger partial charge in [0.2, 0.25) is 0 Å². The van der Waals surface area contributed by atoms with E-state index in [0.29, 0.717) is 12.4 Å². The van der Waals surface area contributed by atoms with Crippen molar-refractivity contribution in [3.63, 3.8) is 0 Å². The van der Waals surface area contributed by atoms with E-state index in [1.165, 1.54) is 37.1 Å². The van der Waals surface area contributed by atoms with Crippen molar-refractivity contribution in [2.45, 2.75) is 19.2 Å². The van der Waals surface area contributed by atoms with Crippen molar-refractivity contribution < 1.29 is 22.6 Å².